The number of benzene rings is 1. The molecule has 3 N–H and O–H groups in total. The van der Waals surface area contributed by atoms with E-state index in [0.29, 0.717) is 11.4 Å². The van der Waals surface area contributed by atoms with Crippen LogP contribution in [0.3, 0.4) is 0 Å². The fourth-order valence-electron chi connectivity index (χ4n) is 3.90. The van der Waals surface area contributed by atoms with E-state index >= 15 is 0 Å². The van der Waals surface area contributed by atoms with Crippen LogP contribution in [0.4, 0.5) is 25.2 Å². The summed E-state index contributed by atoms with van der Waals surface area (Å²) in [5, 5.41) is 13.6. The maximum atomic E-state index is 12.5. The fraction of sp³-hybridized carbons (Fsp3) is 0.409. The molecule has 1 aliphatic heterocycles. The van der Waals surface area contributed by atoms with Crippen molar-refractivity contribution >= 4 is 28.6 Å². The van der Waals surface area contributed by atoms with Gasteiger partial charge in [-0.1, -0.05) is 30.3 Å². The summed E-state index contributed by atoms with van der Waals surface area (Å²) < 4.78 is 34.9. The smallest absolute Gasteiger partial charge is 0.345 e. The number of hydrogen-bond acceptors (Lipinski definition) is 6. The monoisotopic (exact) mass is 460 g/mol. The number of anilines is 2. The molecule has 1 aliphatic rings. The van der Waals surface area contributed by atoms with Gasteiger partial charge in [-0.3, -0.25) is 10.4 Å². The summed E-state index contributed by atoms with van der Waals surface area (Å²) in [5.74, 6) is 1.12. The van der Waals surface area contributed by atoms with Gasteiger partial charge in [-0.15, -0.1) is 0 Å². The van der Waals surface area contributed by atoms with Crippen LogP contribution in [-0.2, 0) is 9.47 Å². The summed E-state index contributed by atoms with van der Waals surface area (Å²) in [6.45, 7) is -1.63. The Bertz CT molecular complexity index is 1060. The average molecular weight is 460 g/mol. The number of ether oxygens (including phenoxy) is 2. The van der Waals surface area contributed by atoms with Gasteiger partial charge in [0.2, 0.25) is 0 Å². The number of carbonyl (C=O) groups excluding carboxylic acids is 1. The zero-order valence-electron chi connectivity index (χ0n) is 18.1. The molecule has 3 aromatic rings. The molecule has 176 valence electrons. The van der Waals surface area contributed by atoms with E-state index in [2.05, 4.69) is 35.5 Å². The van der Waals surface area contributed by atoms with Crippen LogP contribution < -0.4 is 15.5 Å². The normalized spacial score (nSPS) is 15.7. The summed E-state index contributed by atoms with van der Waals surface area (Å²) in [6, 6.07) is 9.11. The first-order chi connectivity index (χ1) is 16.0. The molecule has 11 heteroatoms. The first-order valence-corrected chi connectivity index (χ1v) is 10.7. The zero-order valence-corrected chi connectivity index (χ0v) is 18.1. The van der Waals surface area contributed by atoms with Crippen LogP contribution in [0.5, 0.6) is 0 Å². The zero-order chi connectivity index (χ0) is 23.2. The molecule has 2 aromatic heterocycles. The van der Waals surface area contributed by atoms with Crippen molar-refractivity contribution in [2.24, 2.45) is 0 Å². The minimum atomic E-state index is -2.93. The number of urea groups is 1. The second kappa shape index (κ2) is 10.5. The van der Waals surface area contributed by atoms with Crippen molar-refractivity contribution in [3.05, 3.63) is 48.2 Å². The number of fused-ring (bicyclic) bond motifs is 1. The van der Waals surface area contributed by atoms with Crippen molar-refractivity contribution in [3.8, 4) is 0 Å². The molecule has 4 rings (SSSR count). The third-order valence-corrected chi connectivity index (χ3v) is 5.64. The van der Waals surface area contributed by atoms with Crippen molar-refractivity contribution in [1.82, 2.24) is 20.5 Å². The van der Waals surface area contributed by atoms with Crippen LogP contribution in [-0.4, -0.2) is 60.7 Å². The lowest BCUT2D eigenvalue weighted by Gasteiger charge is -2.31. The number of aromatic nitrogens is 3. The highest BCUT2D eigenvalue weighted by Crippen LogP contribution is 2.28. The van der Waals surface area contributed by atoms with Gasteiger partial charge in [-0.2, -0.15) is 13.9 Å². The van der Waals surface area contributed by atoms with E-state index in [1.165, 1.54) is 0 Å². The quantitative estimate of drug-likeness (QED) is 0.474. The molecule has 0 saturated carbocycles. The van der Waals surface area contributed by atoms with Crippen molar-refractivity contribution in [2.45, 2.75) is 31.6 Å². The molecule has 2 amide bonds. The molecule has 0 radical (unpaired) electrons. The lowest BCUT2D eigenvalue weighted by molar-refractivity contribution is -0.133. The highest BCUT2D eigenvalue weighted by Gasteiger charge is 2.23. The van der Waals surface area contributed by atoms with Crippen molar-refractivity contribution in [1.29, 1.82) is 0 Å². The fourth-order valence-corrected chi connectivity index (χ4v) is 3.90. The Labute approximate surface area is 189 Å². The van der Waals surface area contributed by atoms with E-state index in [1.807, 2.05) is 0 Å². The summed E-state index contributed by atoms with van der Waals surface area (Å²) in [6.07, 6.45) is 3.77. The third kappa shape index (κ3) is 5.74. The Balaban J connectivity index is 1.42. The van der Waals surface area contributed by atoms with Crippen LogP contribution in [0.25, 0.3) is 10.9 Å². The summed E-state index contributed by atoms with van der Waals surface area (Å²) in [4.78, 5) is 19.0. The number of amides is 2. The Morgan fingerprint density at radius 3 is 2.73 bits per heavy atom. The minimum Gasteiger partial charge on any atom is -0.381 e. The first kappa shape index (κ1) is 22.9. The van der Waals surface area contributed by atoms with Gasteiger partial charge in [0.05, 0.1) is 29.7 Å². The molecule has 0 aliphatic carbocycles. The summed E-state index contributed by atoms with van der Waals surface area (Å²) in [5.41, 5.74) is 1.37. The molecular weight excluding hydrogens is 434 g/mol. The third-order valence-electron chi connectivity index (χ3n) is 5.64. The molecule has 1 saturated heterocycles. The van der Waals surface area contributed by atoms with Gasteiger partial charge in [0.15, 0.2) is 5.82 Å². The number of methoxy groups -OCH3 is 1. The van der Waals surface area contributed by atoms with Gasteiger partial charge in [0.25, 0.3) is 0 Å². The number of piperidine rings is 1. The number of pyridine rings is 1. The predicted molar refractivity (Wildman–Crippen MR) is 119 cm³/mol. The molecule has 1 atom stereocenters. The Morgan fingerprint density at radius 1 is 1.27 bits per heavy atom. The lowest BCUT2D eigenvalue weighted by Crippen LogP contribution is -2.36. The number of halogens is 2. The van der Waals surface area contributed by atoms with E-state index in [1.54, 1.807) is 49.7 Å². The summed E-state index contributed by atoms with van der Waals surface area (Å²) >= 11 is 0. The molecule has 1 aromatic carbocycles. The van der Waals surface area contributed by atoms with E-state index in [4.69, 9.17) is 4.74 Å². The number of nitrogens with zero attached hydrogens (tertiary/aromatic N) is 3. The molecule has 0 bridgehead atoms. The topological polar surface area (TPSA) is 104 Å². The molecule has 1 fully saturated rings. The maximum Gasteiger partial charge on any atom is 0.345 e. The van der Waals surface area contributed by atoms with Crippen LogP contribution in [0.2, 0.25) is 0 Å². The number of H-pyrrole nitrogens is 1. The molecule has 33 heavy (non-hydrogen) atoms. The SMILES string of the molecule is COC1CCN(c2n[nH]c3cc(NC(=O)NC(COC(F)F)c4ccccc4)ncc23)CC1. The van der Waals surface area contributed by atoms with Crippen molar-refractivity contribution in [2.75, 3.05) is 37.0 Å². The molecular formula is C22H26F2N6O3. The van der Waals surface area contributed by atoms with Crippen molar-refractivity contribution in [3.63, 3.8) is 0 Å². The number of carbonyl (C=O) groups is 1. The van der Waals surface area contributed by atoms with Gasteiger partial charge < -0.3 is 19.7 Å². The van der Waals surface area contributed by atoms with Gasteiger partial charge in [-0.25, -0.2) is 9.78 Å². The number of rotatable bonds is 8. The maximum absolute atomic E-state index is 12.5. The van der Waals surface area contributed by atoms with Gasteiger partial charge in [0.1, 0.15) is 5.82 Å². The highest BCUT2D eigenvalue weighted by atomic mass is 19.3. The van der Waals surface area contributed by atoms with Gasteiger partial charge in [-0.05, 0) is 18.4 Å². The minimum absolute atomic E-state index is 0.268. The lowest BCUT2D eigenvalue weighted by atomic mass is 10.1. The predicted octanol–water partition coefficient (Wildman–Crippen LogP) is 3.68. The van der Waals surface area contributed by atoms with E-state index in [9.17, 15) is 13.6 Å². The Kier molecular flexibility index (Phi) is 7.30. The van der Waals surface area contributed by atoms with E-state index in [-0.39, 0.29) is 12.7 Å². The number of hydrogen-bond donors (Lipinski definition) is 3. The standard InChI is InChI=1S/C22H26F2N6O3/c1-32-15-7-9-30(10-8-15)20-16-12-25-19(11-17(16)28-29-20)27-22(31)26-18(13-33-21(23)24)14-5-3-2-4-6-14/h2-6,11-12,15,18,21H,7-10,13H2,1H3,(H,28,29)(H2,25,26,27,31). The Morgan fingerprint density at radius 2 is 2.03 bits per heavy atom. The first-order valence-electron chi connectivity index (χ1n) is 10.7. The average Bonchev–Trinajstić information content (AvgIpc) is 3.25. The summed E-state index contributed by atoms with van der Waals surface area (Å²) in [7, 11) is 1.73. The van der Waals surface area contributed by atoms with Crippen LogP contribution in [0.15, 0.2) is 42.6 Å². The number of alkyl halides is 2. The number of nitrogens with one attached hydrogen (secondary N) is 3. The molecule has 1 unspecified atom stereocenters. The second-order valence-electron chi connectivity index (χ2n) is 7.74. The second-order valence-corrected chi connectivity index (χ2v) is 7.74. The van der Waals surface area contributed by atoms with Crippen LogP contribution in [0, 0.1) is 0 Å². The van der Waals surface area contributed by atoms with Crippen molar-refractivity contribution < 1.29 is 23.0 Å². The largest absolute Gasteiger partial charge is 0.381 e. The van der Waals surface area contributed by atoms with Crippen LogP contribution >= 0.6 is 0 Å². The van der Waals surface area contributed by atoms with Gasteiger partial charge >= 0.3 is 12.6 Å². The molecule has 3 heterocycles. The Hall–Kier alpha value is -3.31. The molecule has 9 nitrogen and oxygen atoms in total. The van der Waals surface area contributed by atoms with E-state index in [0.717, 1.165) is 42.7 Å². The number of aromatic amines is 1. The van der Waals surface area contributed by atoms with E-state index < -0.39 is 18.7 Å². The van der Waals surface area contributed by atoms with Crippen LogP contribution in [0.1, 0.15) is 24.4 Å². The van der Waals surface area contributed by atoms with Gasteiger partial charge in [0, 0.05) is 32.5 Å². The molecule has 0 spiro atoms. The highest BCUT2D eigenvalue weighted by molar-refractivity contribution is 5.94.